The van der Waals surface area contributed by atoms with Crippen LogP contribution in [0.4, 0.5) is 5.82 Å². The lowest BCUT2D eigenvalue weighted by molar-refractivity contribution is 0.584. The Bertz CT molecular complexity index is 448. The highest BCUT2D eigenvalue weighted by atomic mass is 15.3. The molecule has 2 aromatic rings. The molecule has 0 fully saturated rings. The number of nitrogens with one attached hydrogen (secondary N) is 1. The minimum absolute atomic E-state index is 0.836. The second kappa shape index (κ2) is 4.25. The number of fused-ring (bicyclic) bond motifs is 1. The molecule has 2 rings (SSSR count). The van der Waals surface area contributed by atoms with E-state index < -0.39 is 0 Å². The van der Waals surface area contributed by atoms with Crippen molar-refractivity contribution in [2.45, 2.75) is 26.3 Å². The van der Waals surface area contributed by atoms with Gasteiger partial charge in [0.05, 0.1) is 11.6 Å². The van der Waals surface area contributed by atoms with E-state index in [2.05, 4.69) is 27.3 Å². The largest absolute Gasteiger partial charge is 0.372 e. The molecule has 0 radical (unpaired) electrons. The van der Waals surface area contributed by atoms with Crippen LogP contribution < -0.4 is 5.32 Å². The maximum atomic E-state index is 4.32. The fourth-order valence-electron chi connectivity index (χ4n) is 1.56. The summed E-state index contributed by atoms with van der Waals surface area (Å²) in [5.74, 6) is 0.836. The number of hydrogen-bond acceptors (Lipinski definition) is 4. The Kier molecular flexibility index (Phi) is 2.80. The third-order valence-corrected chi connectivity index (χ3v) is 2.39. The van der Waals surface area contributed by atoms with Crippen molar-refractivity contribution in [3.05, 3.63) is 12.5 Å². The first-order valence-electron chi connectivity index (χ1n) is 5.21. The molecular formula is C10H15N5. The lowest BCUT2D eigenvalue weighted by Crippen LogP contribution is -2.01. The van der Waals surface area contributed by atoms with Crippen molar-refractivity contribution < 1.29 is 0 Å². The molecule has 5 heteroatoms. The summed E-state index contributed by atoms with van der Waals surface area (Å²) in [6, 6.07) is 0. The summed E-state index contributed by atoms with van der Waals surface area (Å²) in [6.45, 7) is 3.08. The fraction of sp³-hybridized carbons (Fsp3) is 0.500. The van der Waals surface area contributed by atoms with Crippen LogP contribution in [0, 0.1) is 0 Å². The number of aromatic nitrogens is 4. The molecule has 0 saturated carbocycles. The van der Waals surface area contributed by atoms with Crippen LogP contribution in [0.15, 0.2) is 12.5 Å². The molecule has 0 bridgehead atoms. The van der Waals surface area contributed by atoms with E-state index in [1.54, 1.807) is 6.33 Å². The molecule has 5 nitrogen and oxygen atoms in total. The Morgan fingerprint density at radius 3 is 3.00 bits per heavy atom. The van der Waals surface area contributed by atoms with Crippen LogP contribution in [-0.4, -0.2) is 26.8 Å². The van der Waals surface area contributed by atoms with E-state index in [1.165, 1.54) is 0 Å². The summed E-state index contributed by atoms with van der Waals surface area (Å²) in [5.41, 5.74) is 0.905. The molecule has 80 valence electrons. The summed E-state index contributed by atoms with van der Waals surface area (Å²) in [7, 11) is 1.85. The van der Waals surface area contributed by atoms with E-state index in [0.717, 1.165) is 36.2 Å². The van der Waals surface area contributed by atoms with Crippen molar-refractivity contribution in [2.24, 2.45) is 0 Å². The predicted molar refractivity (Wildman–Crippen MR) is 59.8 cm³/mol. The minimum atomic E-state index is 0.836. The molecule has 0 amide bonds. The Labute approximate surface area is 88.5 Å². The Balaban J connectivity index is 2.42. The maximum absolute atomic E-state index is 4.32. The van der Waals surface area contributed by atoms with Gasteiger partial charge in [-0.3, -0.25) is 0 Å². The predicted octanol–water partition coefficient (Wildman–Crippen LogP) is 1.67. The molecule has 15 heavy (non-hydrogen) atoms. The summed E-state index contributed by atoms with van der Waals surface area (Å²) >= 11 is 0. The average molecular weight is 205 g/mol. The van der Waals surface area contributed by atoms with Gasteiger partial charge in [-0.1, -0.05) is 13.3 Å². The number of anilines is 1. The van der Waals surface area contributed by atoms with Gasteiger partial charge in [-0.2, -0.15) is 5.10 Å². The highest BCUT2D eigenvalue weighted by Crippen LogP contribution is 2.17. The summed E-state index contributed by atoms with van der Waals surface area (Å²) < 4.78 is 1.93. The van der Waals surface area contributed by atoms with Gasteiger partial charge in [-0.25, -0.2) is 14.6 Å². The standard InChI is InChI=1S/C10H15N5/c1-3-4-5-15-10-8(6-14-15)9(11-2)12-7-13-10/h6-7H,3-5H2,1-2H3,(H,11,12,13). The van der Waals surface area contributed by atoms with E-state index in [-0.39, 0.29) is 0 Å². The lowest BCUT2D eigenvalue weighted by Gasteiger charge is -2.02. The highest BCUT2D eigenvalue weighted by Gasteiger charge is 2.07. The van der Waals surface area contributed by atoms with Crippen molar-refractivity contribution >= 4 is 16.9 Å². The first-order chi connectivity index (χ1) is 7.36. The van der Waals surface area contributed by atoms with Gasteiger partial charge in [0.15, 0.2) is 5.65 Å². The molecule has 0 saturated heterocycles. The zero-order valence-electron chi connectivity index (χ0n) is 9.06. The topological polar surface area (TPSA) is 55.6 Å². The third kappa shape index (κ3) is 1.77. The zero-order valence-corrected chi connectivity index (χ0v) is 9.06. The van der Waals surface area contributed by atoms with Crippen molar-refractivity contribution in [1.29, 1.82) is 0 Å². The molecule has 2 aromatic heterocycles. The Morgan fingerprint density at radius 1 is 1.40 bits per heavy atom. The number of hydrogen-bond donors (Lipinski definition) is 1. The Hall–Kier alpha value is -1.65. The molecule has 0 atom stereocenters. The lowest BCUT2D eigenvalue weighted by atomic mass is 10.3. The van der Waals surface area contributed by atoms with Gasteiger partial charge < -0.3 is 5.32 Å². The normalized spacial score (nSPS) is 10.8. The molecule has 0 aliphatic carbocycles. The molecule has 0 spiro atoms. The van der Waals surface area contributed by atoms with Crippen LogP contribution in [0.3, 0.4) is 0 Å². The van der Waals surface area contributed by atoms with Gasteiger partial charge in [0, 0.05) is 13.6 Å². The van der Waals surface area contributed by atoms with E-state index >= 15 is 0 Å². The second-order valence-corrected chi connectivity index (χ2v) is 3.43. The van der Waals surface area contributed by atoms with E-state index in [4.69, 9.17) is 0 Å². The summed E-state index contributed by atoms with van der Waals surface area (Å²) in [4.78, 5) is 8.40. The maximum Gasteiger partial charge on any atom is 0.163 e. The van der Waals surface area contributed by atoms with Gasteiger partial charge in [0.25, 0.3) is 0 Å². The van der Waals surface area contributed by atoms with E-state index in [1.807, 2.05) is 17.9 Å². The average Bonchev–Trinajstić information content (AvgIpc) is 2.69. The first-order valence-corrected chi connectivity index (χ1v) is 5.21. The second-order valence-electron chi connectivity index (χ2n) is 3.43. The van der Waals surface area contributed by atoms with Crippen molar-refractivity contribution in [2.75, 3.05) is 12.4 Å². The Morgan fingerprint density at radius 2 is 2.27 bits per heavy atom. The molecular weight excluding hydrogens is 190 g/mol. The minimum Gasteiger partial charge on any atom is -0.372 e. The summed E-state index contributed by atoms with van der Waals surface area (Å²) in [6.07, 6.45) is 5.66. The number of nitrogens with zero attached hydrogens (tertiary/aromatic N) is 4. The zero-order chi connectivity index (χ0) is 10.7. The van der Waals surface area contributed by atoms with Gasteiger partial charge >= 0.3 is 0 Å². The molecule has 0 unspecified atom stereocenters. The van der Waals surface area contributed by atoms with Crippen LogP contribution in [0.5, 0.6) is 0 Å². The van der Waals surface area contributed by atoms with Crippen LogP contribution in [0.1, 0.15) is 19.8 Å². The van der Waals surface area contributed by atoms with Crippen molar-refractivity contribution in [1.82, 2.24) is 19.7 Å². The van der Waals surface area contributed by atoms with Gasteiger partial charge in [0.1, 0.15) is 12.1 Å². The van der Waals surface area contributed by atoms with Gasteiger partial charge in [-0.15, -0.1) is 0 Å². The SMILES string of the molecule is CCCCn1ncc2c(NC)ncnc21. The number of unbranched alkanes of at least 4 members (excludes halogenated alkanes) is 1. The van der Waals surface area contributed by atoms with E-state index in [0.29, 0.717) is 0 Å². The van der Waals surface area contributed by atoms with Crippen molar-refractivity contribution in [3.63, 3.8) is 0 Å². The van der Waals surface area contributed by atoms with Gasteiger partial charge in [0.2, 0.25) is 0 Å². The van der Waals surface area contributed by atoms with Crippen LogP contribution in [0.25, 0.3) is 11.0 Å². The summed E-state index contributed by atoms with van der Waals surface area (Å²) in [5, 5.41) is 8.33. The molecule has 0 aliphatic heterocycles. The molecule has 2 heterocycles. The third-order valence-electron chi connectivity index (χ3n) is 2.39. The smallest absolute Gasteiger partial charge is 0.163 e. The number of aryl methyl sites for hydroxylation is 1. The van der Waals surface area contributed by atoms with Crippen LogP contribution >= 0.6 is 0 Å². The number of rotatable bonds is 4. The molecule has 0 aromatic carbocycles. The van der Waals surface area contributed by atoms with Crippen molar-refractivity contribution in [3.8, 4) is 0 Å². The molecule has 0 aliphatic rings. The van der Waals surface area contributed by atoms with Crippen LogP contribution in [-0.2, 0) is 6.54 Å². The first kappa shape index (κ1) is 9.89. The van der Waals surface area contributed by atoms with E-state index in [9.17, 15) is 0 Å². The fourth-order valence-corrected chi connectivity index (χ4v) is 1.56. The monoisotopic (exact) mass is 205 g/mol. The van der Waals surface area contributed by atoms with Gasteiger partial charge in [-0.05, 0) is 6.42 Å². The molecule has 1 N–H and O–H groups in total. The van der Waals surface area contributed by atoms with Crippen LogP contribution in [0.2, 0.25) is 0 Å². The highest BCUT2D eigenvalue weighted by molar-refractivity contribution is 5.85. The quantitative estimate of drug-likeness (QED) is 0.824.